The second-order valence-corrected chi connectivity index (χ2v) is 4.59. The highest BCUT2D eigenvalue weighted by atomic mass is 16.2. The van der Waals surface area contributed by atoms with Gasteiger partial charge in [0.15, 0.2) is 0 Å². The summed E-state index contributed by atoms with van der Waals surface area (Å²) >= 11 is 0. The lowest BCUT2D eigenvalue weighted by atomic mass is 10.2. The largest absolute Gasteiger partial charge is 0.322 e. The van der Waals surface area contributed by atoms with Crippen LogP contribution in [0.25, 0.3) is 0 Å². The van der Waals surface area contributed by atoms with E-state index in [1.165, 1.54) is 0 Å². The lowest BCUT2D eigenvalue weighted by Gasteiger charge is -2.32. The highest BCUT2D eigenvalue weighted by Gasteiger charge is 2.18. The summed E-state index contributed by atoms with van der Waals surface area (Å²) in [6, 6.07) is 7.87. The number of carbonyl (C=O) groups is 1. The zero-order chi connectivity index (χ0) is 14.3. The Morgan fingerprint density at radius 3 is 2.37 bits per heavy atom. The topological polar surface area (TPSA) is 35.6 Å². The maximum absolute atomic E-state index is 12.0. The lowest BCUT2D eigenvalue weighted by molar-refractivity contribution is 0.164. The number of benzene rings is 1. The Morgan fingerprint density at radius 2 is 1.79 bits per heavy atom. The molecule has 0 radical (unpaired) electrons. The Morgan fingerprint density at radius 1 is 1.16 bits per heavy atom. The van der Waals surface area contributed by atoms with E-state index in [4.69, 9.17) is 0 Å². The fourth-order valence-corrected chi connectivity index (χ4v) is 1.93. The predicted octanol–water partition coefficient (Wildman–Crippen LogP) is 2.80. The van der Waals surface area contributed by atoms with E-state index in [2.05, 4.69) is 17.3 Å². The summed E-state index contributed by atoms with van der Waals surface area (Å²) in [5.41, 5.74) is 2.02. The minimum absolute atomic E-state index is 0.00343. The van der Waals surface area contributed by atoms with Gasteiger partial charge in [0.2, 0.25) is 0 Å². The second-order valence-electron chi connectivity index (χ2n) is 4.59. The van der Waals surface area contributed by atoms with Crippen LogP contribution in [0.1, 0.15) is 19.4 Å². The van der Waals surface area contributed by atoms with Crippen molar-refractivity contribution < 1.29 is 4.79 Å². The van der Waals surface area contributed by atoms with Crippen LogP contribution in [-0.4, -0.2) is 49.1 Å². The normalized spacial score (nSPS) is 15.5. The number of nitrogens with zero attached hydrogens (tertiary/aromatic N) is 2. The molecule has 1 saturated heterocycles. The van der Waals surface area contributed by atoms with E-state index in [0.717, 1.165) is 37.4 Å². The van der Waals surface area contributed by atoms with Crippen molar-refractivity contribution in [2.45, 2.75) is 20.8 Å². The number of hydrogen-bond acceptors (Lipinski definition) is 2. The van der Waals surface area contributed by atoms with Gasteiger partial charge in [-0.15, -0.1) is 0 Å². The van der Waals surface area contributed by atoms with Gasteiger partial charge in [0.1, 0.15) is 0 Å². The molecule has 1 N–H and O–H groups in total. The zero-order valence-electron chi connectivity index (χ0n) is 12.4. The van der Waals surface area contributed by atoms with E-state index in [1.807, 2.05) is 49.9 Å². The van der Waals surface area contributed by atoms with Crippen molar-refractivity contribution in [2.75, 3.05) is 38.5 Å². The summed E-state index contributed by atoms with van der Waals surface area (Å²) in [4.78, 5) is 16.1. The smallest absolute Gasteiger partial charge is 0.321 e. The minimum Gasteiger partial charge on any atom is -0.322 e. The van der Waals surface area contributed by atoms with E-state index in [9.17, 15) is 4.79 Å². The molecule has 0 spiro atoms. The van der Waals surface area contributed by atoms with E-state index < -0.39 is 0 Å². The molecule has 4 nitrogen and oxygen atoms in total. The van der Waals surface area contributed by atoms with Crippen molar-refractivity contribution in [3.05, 3.63) is 29.8 Å². The van der Waals surface area contributed by atoms with E-state index in [1.54, 1.807) is 0 Å². The van der Waals surface area contributed by atoms with Crippen molar-refractivity contribution in [3.63, 3.8) is 0 Å². The average molecular weight is 263 g/mol. The number of amides is 2. The summed E-state index contributed by atoms with van der Waals surface area (Å²) < 4.78 is 0. The molecule has 1 heterocycles. The maximum atomic E-state index is 12.0. The average Bonchev–Trinajstić information content (AvgIpc) is 2.41. The fraction of sp³-hybridized carbons (Fsp3) is 0.533. The van der Waals surface area contributed by atoms with Gasteiger partial charge in [-0.1, -0.05) is 26.0 Å². The molecule has 2 amide bonds. The van der Waals surface area contributed by atoms with Gasteiger partial charge in [-0.2, -0.15) is 0 Å². The SMILES string of the molecule is CC.Cc1cccc(NC(=O)N2CCN(C)CC2)c1. The second kappa shape index (κ2) is 7.79. The van der Waals surface area contributed by atoms with Crippen LogP contribution in [0.15, 0.2) is 24.3 Å². The molecule has 0 saturated carbocycles. The molecule has 1 aliphatic heterocycles. The van der Waals surface area contributed by atoms with E-state index in [-0.39, 0.29) is 6.03 Å². The molecular weight excluding hydrogens is 238 g/mol. The lowest BCUT2D eigenvalue weighted by Crippen LogP contribution is -2.48. The molecule has 0 aliphatic carbocycles. The third kappa shape index (κ3) is 4.91. The first kappa shape index (κ1) is 15.5. The molecule has 19 heavy (non-hydrogen) atoms. The maximum Gasteiger partial charge on any atom is 0.321 e. The van der Waals surface area contributed by atoms with Crippen molar-refractivity contribution in [2.24, 2.45) is 0 Å². The standard InChI is InChI=1S/C13H19N3O.C2H6/c1-11-4-3-5-12(10-11)14-13(17)16-8-6-15(2)7-9-16;1-2/h3-5,10H,6-9H2,1-2H3,(H,14,17);1-2H3. The number of likely N-dealkylation sites (N-methyl/N-ethyl adjacent to an activating group) is 1. The number of urea groups is 1. The summed E-state index contributed by atoms with van der Waals surface area (Å²) in [5.74, 6) is 0. The molecule has 106 valence electrons. The van der Waals surface area contributed by atoms with Gasteiger partial charge in [-0.3, -0.25) is 0 Å². The number of piperazine rings is 1. The summed E-state index contributed by atoms with van der Waals surface area (Å²) in [6.45, 7) is 9.51. The summed E-state index contributed by atoms with van der Waals surface area (Å²) in [5, 5.41) is 2.94. The van der Waals surface area contributed by atoms with E-state index >= 15 is 0 Å². The number of carbonyl (C=O) groups excluding carboxylic acids is 1. The van der Waals surface area contributed by atoms with Crippen LogP contribution < -0.4 is 5.32 Å². The Balaban J connectivity index is 0.000000861. The van der Waals surface area contributed by atoms with Gasteiger partial charge in [-0.05, 0) is 31.7 Å². The van der Waals surface area contributed by atoms with Crippen LogP contribution in [0.5, 0.6) is 0 Å². The molecular formula is C15H25N3O. The number of hydrogen-bond donors (Lipinski definition) is 1. The molecule has 4 heteroatoms. The van der Waals surface area contributed by atoms with Crippen LogP contribution in [-0.2, 0) is 0 Å². The predicted molar refractivity (Wildman–Crippen MR) is 80.6 cm³/mol. The number of anilines is 1. The molecule has 0 unspecified atom stereocenters. The minimum atomic E-state index is 0.00343. The molecule has 1 fully saturated rings. The highest BCUT2D eigenvalue weighted by Crippen LogP contribution is 2.11. The zero-order valence-corrected chi connectivity index (χ0v) is 12.4. The number of nitrogens with one attached hydrogen (secondary N) is 1. The van der Waals surface area contributed by atoms with Crippen LogP contribution >= 0.6 is 0 Å². The first-order valence-corrected chi connectivity index (χ1v) is 6.96. The van der Waals surface area contributed by atoms with Gasteiger partial charge in [-0.25, -0.2) is 4.79 Å². The van der Waals surface area contributed by atoms with Crippen molar-refractivity contribution in [3.8, 4) is 0 Å². The summed E-state index contributed by atoms with van der Waals surface area (Å²) in [7, 11) is 2.08. The molecule has 1 aliphatic rings. The monoisotopic (exact) mass is 263 g/mol. The molecule has 1 aromatic carbocycles. The van der Waals surface area contributed by atoms with Crippen LogP contribution in [0.2, 0.25) is 0 Å². The van der Waals surface area contributed by atoms with Gasteiger partial charge in [0.05, 0.1) is 0 Å². The summed E-state index contributed by atoms with van der Waals surface area (Å²) in [6.07, 6.45) is 0. The molecule has 0 aromatic heterocycles. The van der Waals surface area contributed by atoms with E-state index in [0.29, 0.717) is 0 Å². The quantitative estimate of drug-likeness (QED) is 0.845. The van der Waals surface area contributed by atoms with Crippen LogP contribution in [0.3, 0.4) is 0 Å². The van der Waals surface area contributed by atoms with Gasteiger partial charge in [0.25, 0.3) is 0 Å². The van der Waals surface area contributed by atoms with Crippen LogP contribution in [0, 0.1) is 6.92 Å². The van der Waals surface area contributed by atoms with Crippen molar-refractivity contribution in [1.29, 1.82) is 0 Å². The molecule has 0 bridgehead atoms. The third-order valence-corrected chi connectivity index (χ3v) is 3.06. The Hall–Kier alpha value is -1.55. The van der Waals surface area contributed by atoms with Gasteiger partial charge >= 0.3 is 6.03 Å². The third-order valence-electron chi connectivity index (χ3n) is 3.06. The number of rotatable bonds is 1. The first-order chi connectivity index (χ1) is 9.15. The number of aryl methyl sites for hydroxylation is 1. The molecule has 0 atom stereocenters. The highest BCUT2D eigenvalue weighted by molar-refractivity contribution is 5.89. The molecule has 1 aromatic rings. The van der Waals surface area contributed by atoms with Gasteiger partial charge in [0, 0.05) is 31.9 Å². The van der Waals surface area contributed by atoms with Crippen molar-refractivity contribution in [1.82, 2.24) is 9.80 Å². The Bertz CT molecular complexity index is 398. The Kier molecular flexibility index (Phi) is 6.36. The van der Waals surface area contributed by atoms with Crippen LogP contribution in [0.4, 0.5) is 10.5 Å². The fourth-order valence-electron chi connectivity index (χ4n) is 1.93. The van der Waals surface area contributed by atoms with Gasteiger partial charge < -0.3 is 15.1 Å². The van der Waals surface area contributed by atoms with Crippen molar-refractivity contribution >= 4 is 11.7 Å². The Labute approximate surface area is 116 Å². The first-order valence-electron chi connectivity index (χ1n) is 6.96. The molecule has 2 rings (SSSR count).